The number of likely N-dealkylation sites (tertiary alicyclic amines) is 1. The zero-order valence-electron chi connectivity index (χ0n) is 13.9. The predicted octanol–water partition coefficient (Wildman–Crippen LogP) is 1.000. The van der Waals surface area contributed by atoms with Crippen molar-refractivity contribution < 1.29 is 9.53 Å². The summed E-state index contributed by atoms with van der Waals surface area (Å²) in [7, 11) is 1.66. The maximum absolute atomic E-state index is 11.2. The summed E-state index contributed by atoms with van der Waals surface area (Å²) in [6.07, 6.45) is 3.69. The summed E-state index contributed by atoms with van der Waals surface area (Å²) < 4.78 is 7.13. The van der Waals surface area contributed by atoms with Crippen molar-refractivity contribution in [3.05, 3.63) is 42.0 Å². The Bertz CT molecular complexity index is 683. The predicted molar refractivity (Wildman–Crippen MR) is 89.7 cm³/mol. The zero-order chi connectivity index (χ0) is 16.9. The van der Waals surface area contributed by atoms with E-state index in [1.165, 1.54) is 0 Å². The second kappa shape index (κ2) is 7.44. The summed E-state index contributed by atoms with van der Waals surface area (Å²) in [6, 6.07) is 7.96. The summed E-state index contributed by atoms with van der Waals surface area (Å²) in [5.41, 5.74) is 6.46. The van der Waals surface area contributed by atoms with Crippen molar-refractivity contribution in [2.45, 2.75) is 25.3 Å². The van der Waals surface area contributed by atoms with Gasteiger partial charge < -0.3 is 10.5 Å². The molecule has 0 aliphatic carbocycles. The summed E-state index contributed by atoms with van der Waals surface area (Å²) >= 11 is 0. The van der Waals surface area contributed by atoms with Crippen LogP contribution in [0.3, 0.4) is 0 Å². The van der Waals surface area contributed by atoms with Crippen molar-refractivity contribution in [1.82, 2.24) is 19.7 Å². The molecule has 2 N–H and O–H groups in total. The van der Waals surface area contributed by atoms with Gasteiger partial charge in [-0.05, 0) is 37.1 Å². The Morgan fingerprint density at radius 1 is 1.38 bits per heavy atom. The average Bonchev–Trinajstić information content (AvgIpc) is 3.03. The van der Waals surface area contributed by atoms with Crippen LogP contribution in [0.15, 0.2) is 30.6 Å². The van der Waals surface area contributed by atoms with Gasteiger partial charge in [-0.2, -0.15) is 5.10 Å². The molecule has 1 amide bonds. The van der Waals surface area contributed by atoms with Crippen LogP contribution in [-0.4, -0.2) is 52.3 Å². The van der Waals surface area contributed by atoms with Crippen LogP contribution < -0.4 is 10.5 Å². The van der Waals surface area contributed by atoms with Gasteiger partial charge in [0.05, 0.1) is 20.2 Å². The molecule has 1 saturated heterocycles. The van der Waals surface area contributed by atoms with Gasteiger partial charge in [0, 0.05) is 12.5 Å². The SMILES string of the molecule is COc1ccc(Cn2ncnc2[C@H]2CCCN(CC(N)=O)C2)cc1. The largest absolute Gasteiger partial charge is 0.497 e. The Morgan fingerprint density at radius 2 is 2.17 bits per heavy atom. The highest BCUT2D eigenvalue weighted by atomic mass is 16.5. The molecule has 1 aromatic carbocycles. The molecule has 7 nitrogen and oxygen atoms in total. The first-order valence-corrected chi connectivity index (χ1v) is 8.17. The number of ether oxygens (including phenoxy) is 1. The van der Waals surface area contributed by atoms with E-state index in [9.17, 15) is 4.79 Å². The zero-order valence-corrected chi connectivity index (χ0v) is 13.9. The van der Waals surface area contributed by atoms with E-state index < -0.39 is 0 Å². The lowest BCUT2D eigenvalue weighted by molar-refractivity contribution is -0.119. The number of benzene rings is 1. The lowest BCUT2D eigenvalue weighted by atomic mass is 9.97. The van der Waals surface area contributed by atoms with E-state index in [-0.39, 0.29) is 11.8 Å². The third-order valence-corrected chi connectivity index (χ3v) is 4.39. The molecule has 0 spiro atoms. The first kappa shape index (κ1) is 16.4. The highest BCUT2D eigenvalue weighted by Gasteiger charge is 2.25. The van der Waals surface area contributed by atoms with Crippen LogP contribution in [-0.2, 0) is 11.3 Å². The van der Waals surface area contributed by atoms with Crippen molar-refractivity contribution >= 4 is 5.91 Å². The molecule has 1 aromatic heterocycles. The van der Waals surface area contributed by atoms with Crippen molar-refractivity contribution in [3.63, 3.8) is 0 Å². The smallest absolute Gasteiger partial charge is 0.231 e. The molecule has 0 bridgehead atoms. The van der Waals surface area contributed by atoms with E-state index in [4.69, 9.17) is 10.5 Å². The van der Waals surface area contributed by atoms with Crippen molar-refractivity contribution in [1.29, 1.82) is 0 Å². The second-order valence-corrected chi connectivity index (χ2v) is 6.16. The molecule has 128 valence electrons. The Morgan fingerprint density at radius 3 is 2.88 bits per heavy atom. The number of rotatable bonds is 6. The fourth-order valence-corrected chi connectivity index (χ4v) is 3.25. The number of amides is 1. The van der Waals surface area contributed by atoms with Gasteiger partial charge in [0.25, 0.3) is 0 Å². The van der Waals surface area contributed by atoms with Gasteiger partial charge in [-0.3, -0.25) is 9.69 Å². The summed E-state index contributed by atoms with van der Waals surface area (Å²) in [6.45, 7) is 2.69. The van der Waals surface area contributed by atoms with Crippen LogP contribution in [0, 0.1) is 0 Å². The number of hydrogen-bond donors (Lipinski definition) is 1. The molecule has 1 fully saturated rings. The molecular formula is C17H23N5O2. The molecule has 1 atom stereocenters. The first-order valence-electron chi connectivity index (χ1n) is 8.17. The molecule has 7 heteroatoms. The lowest BCUT2D eigenvalue weighted by Crippen LogP contribution is -2.40. The number of aromatic nitrogens is 3. The van der Waals surface area contributed by atoms with Gasteiger partial charge in [-0.25, -0.2) is 9.67 Å². The monoisotopic (exact) mass is 329 g/mol. The molecule has 0 radical (unpaired) electrons. The number of carbonyl (C=O) groups excluding carboxylic acids is 1. The minimum absolute atomic E-state index is 0.277. The van der Waals surface area contributed by atoms with E-state index in [1.54, 1.807) is 13.4 Å². The number of primary amides is 1. The summed E-state index contributed by atoms with van der Waals surface area (Å²) in [4.78, 5) is 17.7. The van der Waals surface area contributed by atoms with Crippen LogP contribution in [0.1, 0.15) is 30.1 Å². The van der Waals surface area contributed by atoms with Crippen molar-refractivity contribution in [3.8, 4) is 5.75 Å². The third kappa shape index (κ3) is 3.91. The van der Waals surface area contributed by atoms with Crippen LogP contribution in [0.5, 0.6) is 5.75 Å². The van der Waals surface area contributed by atoms with Crippen molar-refractivity contribution in [2.75, 3.05) is 26.7 Å². The normalized spacial score (nSPS) is 18.5. The van der Waals surface area contributed by atoms with E-state index in [0.29, 0.717) is 13.1 Å². The second-order valence-electron chi connectivity index (χ2n) is 6.16. The number of nitrogens with two attached hydrogens (primary N) is 1. The number of methoxy groups -OCH3 is 1. The van der Waals surface area contributed by atoms with Crippen LogP contribution in [0.2, 0.25) is 0 Å². The van der Waals surface area contributed by atoms with Gasteiger partial charge in [0.15, 0.2) is 0 Å². The van der Waals surface area contributed by atoms with Gasteiger partial charge in [0.1, 0.15) is 17.9 Å². The minimum atomic E-state index is -0.282. The van der Waals surface area contributed by atoms with E-state index in [2.05, 4.69) is 15.0 Å². The molecule has 2 aromatic rings. The summed E-state index contributed by atoms with van der Waals surface area (Å²) in [5.74, 6) is 1.81. The van der Waals surface area contributed by atoms with Gasteiger partial charge >= 0.3 is 0 Å². The standard InChI is InChI=1S/C17H23N5O2/c1-24-15-6-4-13(5-7-15)9-22-17(19-12-20-22)14-3-2-8-21(10-14)11-16(18)23/h4-7,12,14H,2-3,8-11H2,1H3,(H2,18,23)/t14-/m0/s1. The highest BCUT2D eigenvalue weighted by Crippen LogP contribution is 2.25. The molecule has 3 rings (SSSR count). The summed E-state index contributed by atoms with van der Waals surface area (Å²) in [5, 5.41) is 4.38. The topological polar surface area (TPSA) is 86.3 Å². The first-order chi connectivity index (χ1) is 11.7. The number of carbonyl (C=O) groups is 1. The maximum Gasteiger partial charge on any atom is 0.231 e. The Balaban J connectivity index is 1.71. The molecule has 0 saturated carbocycles. The highest BCUT2D eigenvalue weighted by molar-refractivity contribution is 5.75. The molecule has 2 heterocycles. The minimum Gasteiger partial charge on any atom is -0.497 e. The fourth-order valence-electron chi connectivity index (χ4n) is 3.25. The van der Waals surface area contributed by atoms with E-state index >= 15 is 0 Å². The van der Waals surface area contributed by atoms with E-state index in [1.807, 2.05) is 28.9 Å². The van der Waals surface area contributed by atoms with Gasteiger partial charge in [-0.15, -0.1) is 0 Å². The van der Waals surface area contributed by atoms with Crippen LogP contribution in [0.25, 0.3) is 0 Å². The average molecular weight is 329 g/mol. The fraction of sp³-hybridized carbons (Fsp3) is 0.471. The lowest BCUT2D eigenvalue weighted by Gasteiger charge is -2.31. The van der Waals surface area contributed by atoms with Crippen LogP contribution in [0.4, 0.5) is 0 Å². The maximum atomic E-state index is 11.2. The Labute approximate surface area is 141 Å². The third-order valence-electron chi connectivity index (χ3n) is 4.39. The number of nitrogens with zero attached hydrogens (tertiary/aromatic N) is 4. The Hall–Kier alpha value is -2.41. The number of piperidine rings is 1. The quantitative estimate of drug-likeness (QED) is 0.854. The van der Waals surface area contributed by atoms with Crippen molar-refractivity contribution in [2.24, 2.45) is 5.73 Å². The van der Waals surface area contributed by atoms with Crippen LogP contribution >= 0.6 is 0 Å². The van der Waals surface area contributed by atoms with Gasteiger partial charge in [0.2, 0.25) is 5.91 Å². The molecule has 1 aliphatic rings. The molecule has 1 aliphatic heterocycles. The molecular weight excluding hydrogens is 306 g/mol. The van der Waals surface area contributed by atoms with E-state index in [0.717, 1.165) is 43.1 Å². The number of hydrogen-bond acceptors (Lipinski definition) is 5. The Kier molecular flexibility index (Phi) is 5.10. The van der Waals surface area contributed by atoms with Gasteiger partial charge in [-0.1, -0.05) is 12.1 Å². The molecule has 0 unspecified atom stereocenters. The molecule has 24 heavy (non-hydrogen) atoms.